The second-order valence-corrected chi connectivity index (χ2v) is 5.28. The number of nitrogens with one attached hydrogen (secondary N) is 1. The number of carbonyl (C=O) groups excluding carboxylic acids is 1. The highest BCUT2D eigenvalue weighted by Crippen LogP contribution is 2.34. The average Bonchev–Trinajstić information content (AvgIpc) is 3.08. The number of anilines is 1. The third kappa shape index (κ3) is 2.58. The molecule has 1 amide bonds. The lowest BCUT2D eigenvalue weighted by molar-refractivity contribution is 0.102. The van der Waals surface area contributed by atoms with Gasteiger partial charge in [-0.05, 0) is 36.4 Å². The first-order valence-electron chi connectivity index (χ1n) is 7.39. The molecule has 6 heteroatoms. The number of aromatic nitrogens is 1. The number of rotatable bonds is 3. The van der Waals surface area contributed by atoms with Crippen LogP contribution in [0, 0.1) is 0 Å². The molecule has 0 saturated heterocycles. The molecule has 0 bridgehead atoms. The minimum absolute atomic E-state index is 0.197. The summed E-state index contributed by atoms with van der Waals surface area (Å²) in [6.45, 7) is 0.197. The molecule has 0 radical (unpaired) electrons. The topological polar surface area (TPSA) is 69.7 Å². The molecule has 0 atom stereocenters. The van der Waals surface area contributed by atoms with Gasteiger partial charge in [-0.2, -0.15) is 0 Å². The Bertz CT molecular complexity index is 939. The van der Waals surface area contributed by atoms with Crippen molar-refractivity contribution in [1.82, 2.24) is 4.98 Å². The predicted molar refractivity (Wildman–Crippen MR) is 88.8 cm³/mol. The number of benzene rings is 2. The number of nitrogens with zero attached hydrogens (tertiary/aromatic N) is 1. The summed E-state index contributed by atoms with van der Waals surface area (Å²) in [5.74, 6) is 1.76. The lowest BCUT2D eigenvalue weighted by Crippen LogP contribution is -2.13. The molecule has 0 spiro atoms. The molecular formula is C18H14N2O4. The first-order valence-corrected chi connectivity index (χ1v) is 7.39. The van der Waals surface area contributed by atoms with E-state index in [9.17, 15) is 4.79 Å². The zero-order valence-electron chi connectivity index (χ0n) is 12.9. The fraction of sp³-hybridized carbons (Fsp3) is 0.111. The van der Waals surface area contributed by atoms with E-state index < -0.39 is 0 Å². The molecule has 120 valence electrons. The van der Waals surface area contributed by atoms with Crippen LogP contribution in [0.1, 0.15) is 10.5 Å². The van der Waals surface area contributed by atoms with E-state index in [-0.39, 0.29) is 12.7 Å². The molecule has 0 aliphatic carbocycles. The van der Waals surface area contributed by atoms with Gasteiger partial charge in [0.15, 0.2) is 11.5 Å². The summed E-state index contributed by atoms with van der Waals surface area (Å²) in [7, 11) is 1.61. The Morgan fingerprint density at radius 2 is 1.96 bits per heavy atom. The van der Waals surface area contributed by atoms with Crippen LogP contribution in [0.5, 0.6) is 17.2 Å². The fourth-order valence-corrected chi connectivity index (χ4v) is 2.53. The number of carbonyl (C=O) groups is 1. The molecule has 0 unspecified atom stereocenters. The molecule has 4 rings (SSSR count). The molecule has 6 nitrogen and oxygen atoms in total. The summed E-state index contributed by atoms with van der Waals surface area (Å²) in [6.07, 6.45) is 0. The Kier molecular flexibility index (Phi) is 3.42. The second-order valence-electron chi connectivity index (χ2n) is 5.28. The molecular weight excluding hydrogens is 308 g/mol. The lowest BCUT2D eigenvalue weighted by atomic mass is 10.2. The van der Waals surface area contributed by atoms with E-state index in [4.69, 9.17) is 14.2 Å². The van der Waals surface area contributed by atoms with E-state index in [0.29, 0.717) is 22.9 Å². The van der Waals surface area contributed by atoms with E-state index in [1.54, 1.807) is 31.4 Å². The summed E-state index contributed by atoms with van der Waals surface area (Å²) >= 11 is 0. The number of methoxy groups -OCH3 is 1. The van der Waals surface area contributed by atoms with E-state index >= 15 is 0 Å². The average molecular weight is 322 g/mol. The van der Waals surface area contributed by atoms with Crippen molar-refractivity contribution in [2.45, 2.75) is 0 Å². The zero-order valence-corrected chi connectivity index (χ0v) is 12.9. The molecule has 0 saturated carbocycles. The van der Waals surface area contributed by atoms with Crippen LogP contribution in [0.15, 0.2) is 48.5 Å². The van der Waals surface area contributed by atoms with Crippen molar-refractivity contribution in [1.29, 1.82) is 0 Å². The van der Waals surface area contributed by atoms with Crippen molar-refractivity contribution in [2.75, 3.05) is 19.2 Å². The van der Waals surface area contributed by atoms with Crippen molar-refractivity contribution in [2.24, 2.45) is 0 Å². The molecule has 1 aromatic heterocycles. The summed E-state index contributed by atoms with van der Waals surface area (Å²) in [4.78, 5) is 16.8. The molecule has 1 aliphatic heterocycles. The second kappa shape index (κ2) is 5.73. The standard InChI is InChI=1S/C18H14N2O4/c1-22-13-4-6-14-11(8-13)2-5-15(20-14)18(21)19-12-3-7-16-17(9-12)24-10-23-16/h2-9H,10H2,1H3,(H,19,21). The van der Waals surface area contributed by atoms with Gasteiger partial charge in [-0.25, -0.2) is 4.98 Å². The van der Waals surface area contributed by atoms with Crippen LogP contribution in [-0.2, 0) is 0 Å². The number of ether oxygens (including phenoxy) is 3. The van der Waals surface area contributed by atoms with E-state index in [1.807, 2.05) is 24.3 Å². The van der Waals surface area contributed by atoms with Crippen LogP contribution in [-0.4, -0.2) is 24.8 Å². The maximum atomic E-state index is 12.4. The Morgan fingerprint density at radius 1 is 1.08 bits per heavy atom. The van der Waals surface area contributed by atoms with Crippen molar-refractivity contribution in [3.05, 3.63) is 54.2 Å². The normalized spacial score (nSPS) is 12.2. The van der Waals surface area contributed by atoms with Crippen LogP contribution < -0.4 is 19.5 Å². The van der Waals surface area contributed by atoms with Crippen LogP contribution >= 0.6 is 0 Å². The number of pyridine rings is 1. The first kappa shape index (κ1) is 14.3. The molecule has 1 N–H and O–H groups in total. The zero-order chi connectivity index (χ0) is 16.5. The van der Waals surface area contributed by atoms with Crippen molar-refractivity contribution < 1.29 is 19.0 Å². The van der Waals surface area contributed by atoms with Crippen LogP contribution in [0.3, 0.4) is 0 Å². The summed E-state index contributed by atoms with van der Waals surface area (Å²) < 4.78 is 15.7. The molecule has 2 heterocycles. The smallest absolute Gasteiger partial charge is 0.274 e. The van der Waals surface area contributed by atoms with Gasteiger partial charge < -0.3 is 19.5 Å². The Morgan fingerprint density at radius 3 is 2.83 bits per heavy atom. The van der Waals surface area contributed by atoms with E-state index in [0.717, 1.165) is 16.7 Å². The maximum absolute atomic E-state index is 12.4. The molecule has 24 heavy (non-hydrogen) atoms. The van der Waals surface area contributed by atoms with Gasteiger partial charge in [-0.15, -0.1) is 0 Å². The predicted octanol–water partition coefficient (Wildman–Crippen LogP) is 3.22. The molecule has 0 fully saturated rings. The Labute approximate surface area is 138 Å². The van der Waals surface area contributed by atoms with Gasteiger partial charge in [-0.1, -0.05) is 6.07 Å². The summed E-state index contributed by atoms with van der Waals surface area (Å²) in [5, 5.41) is 3.72. The van der Waals surface area contributed by atoms with Gasteiger partial charge in [0.2, 0.25) is 6.79 Å². The van der Waals surface area contributed by atoms with Gasteiger partial charge in [0.1, 0.15) is 11.4 Å². The van der Waals surface area contributed by atoms with Crippen molar-refractivity contribution >= 4 is 22.5 Å². The van der Waals surface area contributed by atoms with Crippen LogP contribution in [0.25, 0.3) is 10.9 Å². The van der Waals surface area contributed by atoms with Crippen LogP contribution in [0.2, 0.25) is 0 Å². The highest BCUT2D eigenvalue weighted by Gasteiger charge is 2.15. The quantitative estimate of drug-likeness (QED) is 0.802. The molecule has 1 aliphatic rings. The first-order chi connectivity index (χ1) is 11.7. The van der Waals surface area contributed by atoms with Gasteiger partial charge in [0.25, 0.3) is 5.91 Å². The summed E-state index contributed by atoms with van der Waals surface area (Å²) in [5.41, 5.74) is 1.69. The minimum atomic E-state index is -0.286. The largest absolute Gasteiger partial charge is 0.497 e. The lowest BCUT2D eigenvalue weighted by Gasteiger charge is -2.07. The Balaban J connectivity index is 1.58. The van der Waals surface area contributed by atoms with E-state index in [2.05, 4.69) is 10.3 Å². The SMILES string of the molecule is COc1ccc2nc(C(=O)Nc3ccc4c(c3)OCO4)ccc2c1. The number of amides is 1. The molecule has 3 aromatic rings. The van der Waals surface area contributed by atoms with E-state index in [1.165, 1.54) is 0 Å². The Hall–Kier alpha value is -3.28. The van der Waals surface area contributed by atoms with Gasteiger partial charge in [-0.3, -0.25) is 4.79 Å². The monoisotopic (exact) mass is 322 g/mol. The highest BCUT2D eigenvalue weighted by atomic mass is 16.7. The van der Waals surface area contributed by atoms with Crippen LogP contribution in [0.4, 0.5) is 5.69 Å². The third-order valence-corrected chi connectivity index (χ3v) is 3.76. The number of fused-ring (bicyclic) bond motifs is 2. The third-order valence-electron chi connectivity index (χ3n) is 3.76. The highest BCUT2D eigenvalue weighted by molar-refractivity contribution is 6.04. The maximum Gasteiger partial charge on any atom is 0.274 e. The van der Waals surface area contributed by atoms with Crippen molar-refractivity contribution in [3.63, 3.8) is 0 Å². The van der Waals surface area contributed by atoms with Gasteiger partial charge >= 0.3 is 0 Å². The van der Waals surface area contributed by atoms with Gasteiger partial charge in [0.05, 0.1) is 12.6 Å². The fourth-order valence-electron chi connectivity index (χ4n) is 2.53. The number of hydrogen-bond acceptors (Lipinski definition) is 5. The molecule has 2 aromatic carbocycles. The minimum Gasteiger partial charge on any atom is -0.497 e. The summed E-state index contributed by atoms with van der Waals surface area (Å²) in [6, 6.07) is 14.3. The van der Waals surface area contributed by atoms with Crippen molar-refractivity contribution in [3.8, 4) is 17.2 Å². The number of hydrogen-bond donors (Lipinski definition) is 1. The van der Waals surface area contributed by atoms with Gasteiger partial charge in [0, 0.05) is 17.1 Å².